The maximum atomic E-state index is 12.2. The quantitative estimate of drug-likeness (QED) is 0.794. The normalized spacial score (nSPS) is 17.0. The molecule has 1 aliphatic rings. The summed E-state index contributed by atoms with van der Waals surface area (Å²) in [5.41, 5.74) is 0.426. The SMILES string of the molecule is C[C@H]1Oc2cc(S(=O)(=O)NCCC(=O)N(C)C)ccc2NC1=O. The van der Waals surface area contributed by atoms with Crippen molar-refractivity contribution in [1.82, 2.24) is 9.62 Å². The Labute approximate surface area is 134 Å². The molecule has 126 valence electrons. The van der Waals surface area contributed by atoms with E-state index in [2.05, 4.69) is 10.0 Å². The molecule has 8 nitrogen and oxygen atoms in total. The fourth-order valence-corrected chi connectivity index (χ4v) is 3.00. The van der Waals surface area contributed by atoms with E-state index in [1.165, 1.54) is 23.1 Å². The summed E-state index contributed by atoms with van der Waals surface area (Å²) in [5.74, 6) is -0.157. The first-order valence-electron chi connectivity index (χ1n) is 7.02. The molecule has 1 aromatic carbocycles. The van der Waals surface area contributed by atoms with Crippen molar-refractivity contribution in [2.75, 3.05) is 26.0 Å². The molecule has 0 aromatic heterocycles. The van der Waals surface area contributed by atoms with E-state index in [9.17, 15) is 18.0 Å². The minimum Gasteiger partial charge on any atom is -0.479 e. The molecule has 1 aliphatic heterocycles. The molecule has 1 aromatic rings. The van der Waals surface area contributed by atoms with E-state index in [1.54, 1.807) is 21.0 Å². The summed E-state index contributed by atoms with van der Waals surface area (Å²) in [5, 5.41) is 2.63. The van der Waals surface area contributed by atoms with Crippen molar-refractivity contribution < 1.29 is 22.7 Å². The van der Waals surface area contributed by atoms with Crippen LogP contribution in [0, 0.1) is 0 Å². The lowest BCUT2D eigenvalue weighted by atomic mass is 10.2. The summed E-state index contributed by atoms with van der Waals surface area (Å²) in [6, 6.07) is 4.19. The number of carbonyl (C=O) groups is 2. The first-order valence-corrected chi connectivity index (χ1v) is 8.50. The highest BCUT2D eigenvalue weighted by Crippen LogP contribution is 2.31. The van der Waals surface area contributed by atoms with Crippen molar-refractivity contribution in [3.05, 3.63) is 18.2 Å². The van der Waals surface area contributed by atoms with Crippen LogP contribution in [0.2, 0.25) is 0 Å². The predicted molar refractivity (Wildman–Crippen MR) is 83.7 cm³/mol. The second kappa shape index (κ2) is 6.55. The Balaban J connectivity index is 2.10. The second-order valence-corrected chi connectivity index (χ2v) is 7.11. The Hall–Kier alpha value is -2.13. The lowest BCUT2D eigenvalue weighted by Crippen LogP contribution is -2.34. The zero-order valence-electron chi connectivity index (χ0n) is 13.1. The lowest BCUT2D eigenvalue weighted by molar-refractivity contribution is -0.128. The van der Waals surface area contributed by atoms with E-state index in [0.717, 1.165) is 0 Å². The highest BCUT2D eigenvalue weighted by Gasteiger charge is 2.25. The number of amides is 2. The molecule has 2 N–H and O–H groups in total. The summed E-state index contributed by atoms with van der Waals surface area (Å²) in [4.78, 5) is 24.4. The number of carbonyl (C=O) groups excluding carboxylic acids is 2. The molecule has 0 spiro atoms. The average Bonchev–Trinajstić information content (AvgIpc) is 2.47. The Morgan fingerprint density at radius 2 is 2.09 bits per heavy atom. The predicted octanol–water partition coefficient (Wildman–Crippen LogP) is 0.163. The number of rotatable bonds is 5. The fraction of sp³-hybridized carbons (Fsp3) is 0.429. The molecule has 0 aliphatic carbocycles. The van der Waals surface area contributed by atoms with Crippen molar-refractivity contribution in [2.24, 2.45) is 0 Å². The van der Waals surface area contributed by atoms with Gasteiger partial charge in [-0.05, 0) is 19.1 Å². The monoisotopic (exact) mass is 341 g/mol. The summed E-state index contributed by atoms with van der Waals surface area (Å²) in [6.45, 7) is 1.58. The van der Waals surface area contributed by atoms with Gasteiger partial charge in [-0.3, -0.25) is 9.59 Å². The molecule has 0 saturated heterocycles. The first kappa shape index (κ1) is 17.2. The van der Waals surface area contributed by atoms with Crippen molar-refractivity contribution in [3.63, 3.8) is 0 Å². The van der Waals surface area contributed by atoms with E-state index in [4.69, 9.17) is 4.74 Å². The van der Waals surface area contributed by atoms with E-state index < -0.39 is 16.1 Å². The third kappa shape index (κ3) is 3.99. The van der Waals surface area contributed by atoms with Crippen LogP contribution in [0.3, 0.4) is 0 Å². The molecule has 0 unspecified atom stereocenters. The summed E-state index contributed by atoms with van der Waals surface area (Å²) >= 11 is 0. The molecule has 0 radical (unpaired) electrons. The minimum atomic E-state index is -3.76. The van der Waals surface area contributed by atoms with Crippen molar-refractivity contribution in [3.8, 4) is 5.75 Å². The molecule has 0 saturated carbocycles. The van der Waals surface area contributed by atoms with Gasteiger partial charge in [0.15, 0.2) is 6.10 Å². The van der Waals surface area contributed by atoms with E-state index >= 15 is 0 Å². The Bertz CT molecular complexity index is 730. The third-order valence-corrected chi connectivity index (χ3v) is 4.78. The maximum Gasteiger partial charge on any atom is 0.265 e. The number of ether oxygens (including phenoxy) is 1. The van der Waals surface area contributed by atoms with Gasteiger partial charge in [0, 0.05) is 33.1 Å². The maximum absolute atomic E-state index is 12.2. The van der Waals surface area contributed by atoms with Gasteiger partial charge in [0.25, 0.3) is 5.91 Å². The van der Waals surface area contributed by atoms with Gasteiger partial charge >= 0.3 is 0 Å². The molecule has 2 amide bonds. The first-order chi connectivity index (χ1) is 10.7. The molecule has 0 fully saturated rings. The molecular weight excluding hydrogens is 322 g/mol. The second-order valence-electron chi connectivity index (χ2n) is 5.34. The molecule has 9 heteroatoms. The average molecular weight is 341 g/mol. The summed E-state index contributed by atoms with van der Waals surface area (Å²) in [7, 11) is -0.551. The van der Waals surface area contributed by atoms with E-state index in [0.29, 0.717) is 11.4 Å². The van der Waals surface area contributed by atoms with Gasteiger partial charge in [-0.15, -0.1) is 0 Å². The van der Waals surface area contributed by atoms with Crippen molar-refractivity contribution in [2.45, 2.75) is 24.3 Å². The molecule has 2 rings (SSSR count). The number of nitrogens with one attached hydrogen (secondary N) is 2. The zero-order chi connectivity index (χ0) is 17.2. The van der Waals surface area contributed by atoms with Gasteiger partial charge in [0.1, 0.15) is 5.75 Å². The number of benzene rings is 1. The van der Waals surface area contributed by atoms with Gasteiger partial charge < -0.3 is 15.0 Å². The van der Waals surface area contributed by atoms with Crippen LogP contribution in [0.5, 0.6) is 5.75 Å². The topological polar surface area (TPSA) is 105 Å². The Morgan fingerprint density at radius 3 is 2.74 bits per heavy atom. The number of hydrogen-bond donors (Lipinski definition) is 2. The van der Waals surface area contributed by atoms with E-state index in [1.807, 2.05) is 0 Å². The molecule has 23 heavy (non-hydrogen) atoms. The number of fused-ring (bicyclic) bond motifs is 1. The smallest absolute Gasteiger partial charge is 0.265 e. The largest absolute Gasteiger partial charge is 0.479 e. The van der Waals surface area contributed by atoms with Crippen LogP contribution in [0.15, 0.2) is 23.1 Å². The van der Waals surface area contributed by atoms with Crippen molar-refractivity contribution in [1.29, 1.82) is 0 Å². The van der Waals surface area contributed by atoms with Gasteiger partial charge in [0.05, 0.1) is 10.6 Å². The van der Waals surface area contributed by atoms with Crippen LogP contribution in [0.25, 0.3) is 0 Å². The van der Waals surface area contributed by atoms with Crippen LogP contribution in [-0.4, -0.2) is 51.9 Å². The third-order valence-electron chi connectivity index (χ3n) is 3.32. The minimum absolute atomic E-state index is 0.00439. The molecule has 0 bridgehead atoms. The Morgan fingerprint density at radius 1 is 1.39 bits per heavy atom. The highest BCUT2D eigenvalue weighted by molar-refractivity contribution is 7.89. The molecule has 1 heterocycles. The van der Waals surface area contributed by atoms with Crippen LogP contribution in [0.4, 0.5) is 5.69 Å². The van der Waals surface area contributed by atoms with Crippen LogP contribution < -0.4 is 14.8 Å². The van der Waals surface area contributed by atoms with Crippen LogP contribution >= 0.6 is 0 Å². The van der Waals surface area contributed by atoms with Crippen LogP contribution in [-0.2, 0) is 19.6 Å². The van der Waals surface area contributed by atoms with Gasteiger partial charge in [-0.25, -0.2) is 13.1 Å². The van der Waals surface area contributed by atoms with Crippen molar-refractivity contribution >= 4 is 27.5 Å². The number of sulfonamides is 1. The summed E-state index contributed by atoms with van der Waals surface area (Å²) in [6.07, 6.45) is -0.619. The number of hydrogen-bond acceptors (Lipinski definition) is 5. The number of anilines is 1. The van der Waals surface area contributed by atoms with Crippen LogP contribution in [0.1, 0.15) is 13.3 Å². The molecular formula is C14H19N3O5S. The fourth-order valence-electron chi connectivity index (χ4n) is 1.95. The van der Waals surface area contributed by atoms with Gasteiger partial charge in [0.2, 0.25) is 15.9 Å². The molecule has 1 atom stereocenters. The van der Waals surface area contributed by atoms with Gasteiger partial charge in [-0.2, -0.15) is 0 Å². The number of nitrogens with zero attached hydrogens (tertiary/aromatic N) is 1. The highest BCUT2D eigenvalue weighted by atomic mass is 32.2. The lowest BCUT2D eigenvalue weighted by Gasteiger charge is -2.23. The zero-order valence-corrected chi connectivity index (χ0v) is 13.9. The summed E-state index contributed by atoms with van der Waals surface area (Å²) < 4.78 is 32.2. The Kier molecular flexibility index (Phi) is 4.90. The van der Waals surface area contributed by atoms with E-state index in [-0.39, 0.29) is 29.7 Å². The standard InChI is InChI=1S/C14H19N3O5S/c1-9-14(19)16-11-5-4-10(8-12(11)22-9)23(20,21)15-7-6-13(18)17(2)3/h4-5,8-9,15H,6-7H2,1-3H3,(H,16,19)/t9-/m1/s1. The van der Waals surface area contributed by atoms with Gasteiger partial charge in [-0.1, -0.05) is 0 Å².